The number of hydrogen-bond acceptors (Lipinski definition) is 5. The number of nitrogens with one attached hydrogen (secondary N) is 3. The van der Waals surface area contributed by atoms with Gasteiger partial charge >= 0.3 is 0 Å². The summed E-state index contributed by atoms with van der Waals surface area (Å²) >= 11 is 0. The van der Waals surface area contributed by atoms with Crippen molar-refractivity contribution in [1.82, 2.24) is 15.6 Å². The lowest BCUT2D eigenvalue weighted by Crippen LogP contribution is -2.45. The van der Waals surface area contributed by atoms with Crippen LogP contribution in [0.4, 0.5) is 5.69 Å². The molecule has 128 valence electrons. The Kier molecular flexibility index (Phi) is 5.53. The maximum Gasteiger partial charge on any atom is 0.270 e. The molecular formula is C15H17ClN4O4. The Bertz CT molecular complexity index is 830. The summed E-state index contributed by atoms with van der Waals surface area (Å²) < 4.78 is 0. The molecule has 0 unspecified atom stereocenters. The summed E-state index contributed by atoms with van der Waals surface area (Å²) in [6, 6.07) is 5.21. The third kappa shape index (κ3) is 3.72. The fraction of sp³-hybridized carbons (Fsp3) is 0.333. The van der Waals surface area contributed by atoms with Crippen LogP contribution in [-0.4, -0.2) is 34.9 Å². The van der Waals surface area contributed by atoms with E-state index in [1.807, 2.05) is 0 Å². The lowest BCUT2D eigenvalue weighted by atomic mass is 10.0. The summed E-state index contributed by atoms with van der Waals surface area (Å²) in [5.41, 5.74) is 0.00393. The van der Waals surface area contributed by atoms with Gasteiger partial charge in [0.2, 0.25) is 5.56 Å². The number of rotatable bonds is 3. The van der Waals surface area contributed by atoms with Crippen molar-refractivity contribution in [2.24, 2.45) is 0 Å². The normalized spacial score (nSPS) is 17.1. The van der Waals surface area contributed by atoms with Crippen LogP contribution in [0.25, 0.3) is 10.9 Å². The van der Waals surface area contributed by atoms with E-state index in [2.05, 4.69) is 15.6 Å². The predicted octanol–water partition coefficient (Wildman–Crippen LogP) is 1.34. The van der Waals surface area contributed by atoms with E-state index < -0.39 is 16.4 Å². The first-order chi connectivity index (χ1) is 11.0. The van der Waals surface area contributed by atoms with E-state index in [4.69, 9.17) is 0 Å². The molecular weight excluding hydrogens is 336 g/mol. The van der Waals surface area contributed by atoms with Crippen LogP contribution >= 0.6 is 12.4 Å². The quantitative estimate of drug-likeness (QED) is 0.569. The van der Waals surface area contributed by atoms with Crippen molar-refractivity contribution in [3.8, 4) is 0 Å². The lowest BCUT2D eigenvalue weighted by Gasteiger charge is -2.24. The van der Waals surface area contributed by atoms with Crippen molar-refractivity contribution in [2.75, 3.05) is 13.1 Å². The number of hydrogen-bond donors (Lipinski definition) is 3. The van der Waals surface area contributed by atoms with E-state index in [-0.39, 0.29) is 29.7 Å². The topological polar surface area (TPSA) is 117 Å². The van der Waals surface area contributed by atoms with Crippen molar-refractivity contribution in [3.05, 3.63) is 50.3 Å². The first-order valence-corrected chi connectivity index (χ1v) is 7.37. The van der Waals surface area contributed by atoms with Gasteiger partial charge in [0.25, 0.3) is 11.6 Å². The van der Waals surface area contributed by atoms with Crippen LogP contribution in [0.1, 0.15) is 23.2 Å². The predicted molar refractivity (Wildman–Crippen MR) is 91.8 cm³/mol. The van der Waals surface area contributed by atoms with E-state index in [0.29, 0.717) is 17.4 Å². The SMILES string of the molecule is Cl.O=C(N[C@H]1CCCNC1)c1cc(=O)[nH]c2ccc([N+](=O)[O-])cc12. The summed E-state index contributed by atoms with van der Waals surface area (Å²) in [5.74, 6) is -0.393. The minimum absolute atomic E-state index is 0. The fourth-order valence-electron chi connectivity index (χ4n) is 2.78. The number of H-pyrrole nitrogens is 1. The molecule has 1 aliphatic heterocycles. The number of benzene rings is 1. The number of amides is 1. The van der Waals surface area contributed by atoms with Crippen molar-refractivity contribution in [1.29, 1.82) is 0 Å². The Labute approximate surface area is 143 Å². The van der Waals surface area contributed by atoms with Gasteiger partial charge in [-0.05, 0) is 25.5 Å². The maximum absolute atomic E-state index is 12.5. The lowest BCUT2D eigenvalue weighted by molar-refractivity contribution is -0.384. The number of non-ortho nitro benzene ring substituents is 1. The molecule has 0 radical (unpaired) electrons. The number of carbonyl (C=O) groups excluding carboxylic acids is 1. The number of piperidine rings is 1. The molecule has 24 heavy (non-hydrogen) atoms. The number of carbonyl (C=O) groups is 1. The van der Waals surface area contributed by atoms with Gasteiger partial charge in [0, 0.05) is 41.7 Å². The molecule has 0 aliphatic carbocycles. The van der Waals surface area contributed by atoms with Crippen molar-refractivity contribution in [2.45, 2.75) is 18.9 Å². The molecule has 1 saturated heterocycles. The molecule has 9 heteroatoms. The van der Waals surface area contributed by atoms with Crippen LogP contribution in [0, 0.1) is 10.1 Å². The minimum atomic E-state index is -0.530. The number of halogens is 1. The zero-order chi connectivity index (χ0) is 16.4. The van der Waals surface area contributed by atoms with Gasteiger partial charge in [-0.15, -0.1) is 12.4 Å². The van der Waals surface area contributed by atoms with Crippen LogP contribution in [0.2, 0.25) is 0 Å². The smallest absolute Gasteiger partial charge is 0.270 e. The molecule has 0 spiro atoms. The van der Waals surface area contributed by atoms with Gasteiger partial charge in [0.15, 0.2) is 0 Å². The highest BCUT2D eigenvalue weighted by Crippen LogP contribution is 2.21. The molecule has 1 aromatic carbocycles. The molecule has 0 saturated carbocycles. The summed E-state index contributed by atoms with van der Waals surface area (Å²) in [5, 5.41) is 17.4. The summed E-state index contributed by atoms with van der Waals surface area (Å²) in [7, 11) is 0. The maximum atomic E-state index is 12.5. The number of aromatic nitrogens is 1. The highest BCUT2D eigenvalue weighted by Gasteiger charge is 2.19. The Hall–Kier alpha value is -2.45. The molecule has 0 bridgehead atoms. The van der Waals surface area contributed by atoms with Crippen molar-refractivity contribution >= 4 is 34.9 Å². The molecule has 8 nitrogen and oxygen atoms in total. The molecule has 3 rings (SSSR count). The zero-order valence-corrected chi connectivity index (χ0v) is 13.5. The van der Waals surface area contributed by atoms with E-state index in [1.54, 1.807) is 0 Å². The molecule has 2 aromatic rings. The second-order valence-electron chi connectivity index (χ2n) is 5.55. The van der Waals surface area contributed by atoms with Crippen LogP contribution in [0.3, 0.4) is 0 Å². The van der Waals surface area contributed by atoms with Gasteiger partial charge in [-0.2, -0.15) is 0 Å². The first-order valence-electron chi connectivity index (χ1n) is 7.37. The van der Waals surface area contributed by atoms with Crippen LogP contribution in [0.5, 0.6) is 0 Å². The number of nitro benzene ring substituents is 1. The van der Waals surface area contributed by atoms with Gasteiger partial charge in [-0.1, -0.05) is 0 Å². The Morgan fingerprint density at radius 3 is 2.79 bits per heavy atom. The molecule has 1 atom stereocenters. The van der Waals surface area contributed by atoms with E-state index in [0.717, 1.165) is 19.4 Å². The summed E-state index contributed by atoms with van der Waals surface area (Å²) in [4.78, 5) is 37.2. The van der Waals surface area contributed by atoms with Gasteiger partial charge in [0.05, 0.1) is 10.5 Å². The average molecular weight is 353 g/mol. The molecule has 1 amide bonds. The minimum Gasteiger partial charge on any atom is -0.348 e. The third-order valence-corrected chi connectivity index (χ3v) is 3.91. The Morgan fingerprint density at radius 2 is 2.12 bits per heavy atom. The molecule has 1 fully saturated rings. The molecule has 1 aliphatic rings. The number of aromatic amines is 1. The molecule has 2 heterocycles. The first kappa shape index (κ1) is 17.9. The zero-order valence-electron chi connectivity index (χ0n) is 12.7. The van der Waals surface area contributed by atoms with Gasteiger partial charge in [0.1, 0.15) is 0 Å². The van der Waals surface area contributed by atoms with Gasteiger partial charge in [-0.25, -0.2) is 0 Å². The van der Waals surface area contributed by atoms with Gasteiger partial charge in [-0.3, -0.25) is 19.7 Å². The summed E-state index contributed by atoms with van der Waals surface area (Å²) in [6.45, 7) is 1.60. The largest absolute Gasteiger partial charge is 0.348 e. The van der Waals surface area contributed by atoms with Gasteiger partial charge < -0.3 is 15.6 Å². The standard InChI is InChI=1S/C15H16N4O4.ClH/c20-14-7-12(15(21)17-9-2-1-5-16-8-9)11-6-10(19(22)23)3-4-13(11)18-14;/h3-4,6-7,9,16H,1-2,5,8H2,(H,17,21)(H,18,20);1H/t9-;/m0./s1. The average Bonchev–Trinajstić information content (AvgIpc) is 2.54. The number of nitrogens with zero attached hydrogens (tertiary/aromatic N) is 1. The highest BCUT2D eigenvalue weighted by atomic mass is 35.5. The number of pyridine rings is 1. The van der Waals surface area contributed by atoms with Crippen molar-refractivity contribution in [3.63, 3.8) is 0 Å². The monoisotopic (exact) mass is 352 g/mol. The fourth-order valence-corrected chi connectivity index (χ4v) is 2.78. The molecule has 1 aromatic heterocycles. The van der Waals surface area contributed by atoms with E-state index in [1.165, 1.54) is 24.3 Å². The van der Waals surface area contributed by atoms with Crippen LogP contribution in [0.15, 0.2) is 29.1 Å². The van der Waals surface area contributed by atoms with E-state index in [9.17, 15) is 19.7 Å². The Morgan fingerprint density at radius 1 is 1.33 bits per heavy atom. The second-order valence-corrected chi connectivity index (χ2v) is 5.55. The number of fused-ring (bicyclic) bond motifs is 1. The third-order valence-electron chi connectivity index (χ3n) is 3.91. The molecule has 3 N–H and O–H groups in total. The van der Waals surface area contributed by atoms with Crippen LogP contribution in [-0.2, 0) is 0 Å². The highest BCUT2D eigenvalue weighted by molar-refractivity contribution is 6.06. The Balaban J connectivity index is 0.00000208. The second kappa shape index (κ2) is 7.41. The summed E-state index contributed by atoms with van der Waals surface area (Å²) in [6.07, 6.45) is 1.83. The van der Waals surface area contributed by atoms with Crippen molar-refractivity contribution < 1.29 is 9.72 Å². The van der Waals surface area contributed by atoms with E-state index >= 15 is 0 Å². The van der Waals surface area contributed by atoms with Crippen LogP contribution < -0.4 is 16.2 Å². The number of nitro groups is 1.